The molecule has 0 heterocycles. The zero-order chi connectivity index (χ0) is 15.0. The van der Waals surface area contributed by atoms with Crippen molar-refractivity contribution in [2.75, 3.05) is 27.2 Å². The van der Waals surface area contributed by atoms with Gasteiger partial charge in [-0.3, -0.25) is 9.59 Å². The second kappa shape index (κ2) is 8.34. The Labute approximate surface area is 113 Å². The van der Waals surface area contributed by atoms with E-state index in [9.17, 15) is 14.4 Å². The van der Waals surface area contributed by atoms with Gasteiger partial charge in [-0.2, -0.15) is 0 Å². The summed E-state index contributed by atoms with van der Waals surface area (Å²) in [4.78, 5) is 36.9. The molecule has 0 fully saturated rings. The number of carbonyl (C=O) groups is 3. The third kappa shape index (κ3) is 6.64. The minimum atomic E-state index is -0.959. The summed E-state index contributed by atoms with van der Waals surface area (Å²) in [5.74, 6) is -1.14. The van der Waals surface area contributed by atoms with Crippen LogP contribution in [0.5, 0.6) is 0 Å². The summed E-state index contributed by atoms with van der Waals surface area (Å²) in [6.07, 6.45) is 0.401. The lowest BCUT2D eigenvalue weighted by atomic mass is 10.1. The molecule has 0 aromatic heterocycles. The zero-order valence-corrected chi connectivity index (χ0v) is 12.0. The highest BCUT2D eigenvalue weighted by Crippen LogP contribution is 2.00. The normalized spacial score (nSPS) is 11.6. The second-order valence-corrected chi connectivity index (χ2v) is 4.45. The number of carboxylic acid groups (broad SMARTS) is 1. The number of carbonyl (C=O) groups excluding carboxylic acids is 2. The molecule has 0 rings (SSSR count). The Morgan fingerprint density at radius 1 is 1.21 bits per heavy atom. The van der Waals surface area contributed by atoms with Gasteiger partial charge in [0, 0.05) is 26.7 Å². The van der Waals surface area contributed by atoms with Crippen molar-refractivity contribution in [1.82, 2.24) is 15.1 Å². The van der Waals surface area contributed by atoms with Crippen LogP contribution >= 0.6 is 0 Å². The van der Waals surface area contributed by atoms with E-state index < -0.39 is 18.0 Å². The number of nitrogens with zero attached hydrogens (tertiary/aromatic N) is 2. The summed E-state index contributed by atoms with van der Waals surface area (Å²) < 4.78 is 0. The number of carboxylic acids is 1. The molecule has 0 aromatic rings. The molecule has 0 aliphatic carbocycles. The van der Waals surface area contributed by atoms with Crippen molar-refractivity contribution in [2.45, 2.75) is 32.7 Å². The average Bonchev–Trinajstić information content (AvgIpc) is 2.33. The summed E-state index contributed by atoms with van der Waals surface area (Å²) >= 11 is 0. The molecule has 1 atom stereocenters. The maximum atomic E-state index is 11.9. The Balaban J connectivity index is 4.49. The molecule has 0 aromatic carbocycles. The second-order valence-electron chi connectivity index (χ2n) is 4.45. The molecule has 0 aliphatic heterocycles. The van der Waals surface area contributed by atoms with Crippen LogP contribution in [0.3, 0.4) is 0 Å². The number of hydrogen-bond acceptors (Lipinski definition) is 3. The number of nitrogens with one attached hydrogen (secondary N) is 1. The van der Waals surface area contributed by atoms with E-state index in [1.807, 2.05) is 0 Å². The van der Waals surface area contributed by atoms with Gasteiger partial charge in [-0.15, -0.1) is 0 Å². The summed E-state index contributed by atoms with van der Waals surface area (Å²) in [7, 11) is 3.24. The minimum absolute atomic E-state index is 0.0150. The van der Waals surface area contributed by atoms with Crippen molar-refractivity contribution < 1.29 is 19.5 Å². The first-order chi connectivity index (χ1) is 8.81. The van der Waals surface area contributed by atoms with E-state index in [-0.39, 0.29) is 18.9 Å². The lowest BCUT2D eigenvalue weighted by Crippen LogP contribution is -2.48. The van der Waals surface area contributed by atoms with Gasteiger partial charge in [-0.1, -0.05) is 6.92 Å². The Morgan fingerprint density at radius 3 is 2.16 bits per heavy atom. The Hall–Kier alpha value is -1.79. The van der Waals surface area contributed by atoms with Crippen LogP contribution in [0.25, 0.3) is 0 Å². The minimum Gasteiger partial charge on any atom is -0.481 e. The van der Waals surface area contributed by atoms with Crippen molar-refractivity contribution in [3.05, 3.63) is 0 Å². The first-order valence-corrected chi connectivity index (χ1v) is 6.29. The lowest BCUT2D eigenvalue weighted by Gasteiger charge is -2.25. The van der Waals surface area contributed by atoms with E-state index in [1.165, 1.54) is 9.80 Å². The Morgan fingerprint density at radius 2 is 1.79 bits per heavy atom. The first-order valence-electron chi connectivity index (χ1n) is 6.29. The molecule has 3 amide bonds. The van der Waals surface area contributed by atoms with Gasteiger partial charge in [-0.05, 0) is 13.3 Å². The van der Waals surface area contributed by atoms with Crippen LogP contribution in [0, 0.1) is 0 Å². The molecule has 19 heavy (non-hydrogen) atoms. The van der Waals surface area contributed by atoms with Crippen LogP contribution in [-0.2, 0) is 9.59 Å². The molecule has 0 saturated heterocycles. The maximum Gasteiger partial charge on any atom is 0.318 e. The number of rotatable bonds is 7. The highest BCUT2D eigenvalue weighted by molar-refractivity contribution is 5.84. The predicted octanol–water partition coefficient (Wildman–Crippen LogP) is 0.359. The standard InChI is InChI=1S/C12H23N3O4/c1-5-9(7-11(17)18)13-12(19)15(6-2)8-10(16)14(3)4/h9H,5-8H2,1-4H3,(H,13,19)(H,17,18). The van der Waals surface area contributed by atoms with Crippen molar-refractivity contribution in [3.8, 4) is 0 Å². The average molecular weight is 273 g/mol. The smallest absolute Gasteiger partial charge is 0.318 e. The summed E-state index contributed by atoms with van der Waals surface area (Å²) in [6.45, 7) is 3.93. The van der Waals surface area contributed by atoms with Crippen molar-refractivity contribution >= 4 is 17.9 Å². The fourth-order valence-electron chi connectivity index (χ4n) is 1.41. The summed E-state index contributed by atoms with van der Waals surface area (Å²) in [6, 6.07) is -0.834. The SMILES string of the molecule is CCC(CC(=O)O)NC(=O)N(CC)CC(=O)N(C)C. The molecule has 0 saturated carbocycles. The molecule has 1 unspecified atom stereocenters. The molecule has 2 N–H and O–H groups in total. The van der Waals surface area contributed by atoms with E-state index in [0.29, 0.717) is 13.0 Å². The van der Waals surface area contributed by atoms with Gasteiger partial charge in [0.2, 0.25) is 5.91 Å². The van der Waals surface area contributed by atoms with Gasteiger partial charge < -0.3 is 20.2 Å². The Bertz CT molecular complexity index is 331. The molecule has 110 valence electrons. The van der Waals surface area contributed by atoms with Crippen LogP contribution in [-0.4, -0.2) is 66.0 Å². The topological polar surface area (TPSA) is 90.0 Å². The molecule has 0 spiro atoms. The van der Waals surface area contributed by atoms with Gasteiger partial charge in [0.25, 0.3) is 0 Å². The number of hydrogen-bond donors (Lipinski definition) is 2. The quantitative estimate of drug-likeness (QED) is 0.700. The van der Waals surface area contributed by atoms with E-state index in [4.69, 9.17) is 5.11 Å². The fraction of sp³-hybridized carbons (Fsp3) is 0.750. The van der Waals surface area contributed by atoms with Crippen LogP contribution in [0.15, 0.2) is 0 Å². The van der Waals surface area contributed by atoms with E-state index >= 15 is 0 Å². The van der Waals surface area contributed by atoms with Gasteiger partial charge >= 0.3 is 12.0 Å². The number of urea groups is 1. The number of aliphatic carboxylic acids is 1. The third-order valence-electron chi connectivity index (χ3n) is 2.74. The van der Waals surface area contributed by atoms with Gasteiger partial charge in [0.15, 0.2) is 0 Å². The lowest BCUT2D eigenvalue weighted by molar-refractivity contribution is -0.137. The molecule has 0 radical (unpaired) electrons. The van der Waals surface area contributed by atoms with Crippen LogP contribution < -0.4 is 5.32 Å². The molecule has 0 bridgehead atoms. The van der Waals surface area contributed by atoms with Crippen molar-refractivity contribution in [1.29, 1.82) is 0 Å². The predicted molar refractivity (Wildman–Crippen MR) is 70.8 cm³/mol. The van der Waals surface area contributed by atoms with E-state index in [1.54, 1.807) is 27.9 Å². The molecule has 7 nitrogen and oxygen atoms in total. The molecular formula is C12H23N3O4. The maximum absolute atomic E-state index is 11.9. The first kappa shape index (κ1) is 17.2. The fourth-order valence-corrected chi connectivity index (χ4v) is 1.41. The molecule has 0 aliphatic rings. The monoisotopic (exact) mass is 273 g/mol. The third-order valence-corrected chi connectivity index (χ3v) is 2.74. The largest absolute Gasteiger partial charge is 0.481 e. The van der Waals surface area contributed by atoms with Gasteiger partial charge in [0.05, 0.1) is 6.42 Å². The van der Waals surface area contributed by atoms with Crippen LogP contribution in [0.1, 0.15) is 26.7 Å². The van der Waals surface area contributed by atoms with Gasteiger partial charge in [0.1, 0.15) is 6.54 Å². The van der Waals surface area contributed by atoms with E-state index in [0.717, 1.165) is 0 Å². The zero-order valence-electron chi connectivity index (χ0n) is 12.0. The Kier molecular flexibility index (Phi) is 7.55. The van der Waals surface area contributed by atoms with Crippen molar-refractivity contribution in [2.24, 2.45) is 0 Å². The van der Waals surface area contributed by atoms with Crippen molar-refractivity contribution in [3.63, 3.8) is 0 Å². The number of amides is 3. The summed E-state index contributed by atoms with van der Waals surface area (Å²) in [5.41, 5.74) is 0. The molecular weight excluding hydrogens is 250 g/mol. The highest BCUT2D eigenvalue weighted by Gasteiger charge is 2.20. The van der Waals surface area contributed by atoms with E-state index in [2.05, 4.69) is 5.32 Å². The van der Waals surface area contributed by atoms with Gasteiger partial charge in [-0.25, -0.2) is 4.79 Å². The molecule has 7 heteroatoms. The van der Waals surface area contributed by atoms with Crippen LogP contribution in [0.4, 0.5) is 4.79 Å². The summed E-state index contributed by atoms with van der Waals surface area (Å²) in [5, 5.41) is 11.3. The van der Waals surface area contributed by atoms with Crippen LogP contribution in [0.2, 0.25) is 0 Å². The number of likely N-dealkylation sites (N-methyl/N-ethyl adjacent to an activating group) is 2. The highest BCUT2D eigenvalue weighted by atomic mass is 16.4.